The van der Waals surface area contributed by atoms with E-state index < -0.39 is 66.1 Å². The standard InChI is InChI=1S/C31H37N7O6/c1-16(2)27(38-28(40)21(32)13-26(33)39)30(42)36-24(11-17-14-34-22-9-5-3-7-19(17)22)29(41)37-25(31(43)44)12-18-15-35-23-10-6-4-8-20(18)23/h3-10,14-16,21,24-25,27,34-35H,11-13,32H2,1-2H3,(H2,33,39)(H,36,42)(H,37,41)(H,38,40)(H,43,44). The van der Waals surface area contributed by atoms with Gasteiger partial charge in [0.1, 0.15) is 18.1 Å². The number of nitrogens with two attached hydrogens (primary N) is 2. The molecule has 10 N–H and O–H groups in total. The number of para-hydroxylation sites is 2. The van der Waals surface area contributed by atoms with Gasteiger partial charge in [0.25, 0.3) is 0 Å². The van der Waals surface area contributed by atoms with Crippen molar-refractivity contribution in [1.82, 2.24) is 25.9 Å². The molecule has 0 spiro atoms. The van der Waals surface area contributed by atoms with E-state index in [4.69, 9.17) is 11.5 Å². The van der Waals surface area contributed by atoms with Crippen LogP contribution in [-0.4, -0.2) is 68.8 Å². The van der Waals surface area contributed by atoms with Gasteiger partial charge in [0.05, 0.1) is 12.5 Å². The van der Waals surface area contributed by atoms with Gasteiger partial charge in [-0.05, 0) is 29.2 Å². The van der Waals surface area contributed by atoms with Crippen LogP contribution in [0.1, 0.15) is 31.4 Å². The second-order valence-corrected chi connectivity index (χ2v) is 11.1. The molecular weight excluding hydrogens is 566 g/mol. The summed E-state index contributed by atoms with van der Waals surface area (Å²) in [4.78, 5) is 69.6. The fourth-order valence-electron chi connectivity index (χ4n) is 5.09. The lowest BCUT2D eigenvalue weighted by atomic mass is 9.99. The molecule has 44 heavy (non-hydrogen) atoms. The summed E-state index contributed by atoms with van der Waals surface area (Å²) in [7, 11) is 0. The van der Waals surface area contributed by atoms with Gasteiger partial charge in [0, 0.05) is 47.0 Å². The number of amides is 4. The Morgan fingerprint density at radius 3 is 1.75 bits per heavy atom. The third-order valence-electron chi connectivity index (χ3n) is 7.45. The van der Waals surface area contributed by atoms with Gasteiger partial charge in [0.15, 0.2) is 0 Å². The summed E-state index contributed by atoms with van der Waals surface area (Å²) in [5.41, 5.74) is 14.0. The molecule has 0 saturated carbocycles. The predicted molar refractivity (Wildman–Crippen MR) is 164 cm³/mol. The zero-order valence-electron chi connectivity index (χ0n) is 24.4. The van der Waals surface area contributed by atoms with E-state index in [0.29, 0.717) is 5.56 Å². The first-order valence-electron chi connectivity index (χ1n) is 14.2. The second-order valence-electron chi connectivity index (χ2n) is 11.1. The first-order chi connectivity index (χ1) is 20.9. The number of carbonyl (C=O) groups is 5. The van der Waals surface area contributed by atoms with Crippen LogP contribution < -0.4 is 27.4 Å². The van der Waals surface area contributed by atoms with E-state index in [-0.39, 0.29) is 12.8 Å². The molecule has 4 rings (SSSR count). The van der Waals surface area contributed by atoms with E-state index >= 15 is 0 Å². The lowest BCUT2D eigenvalue weighted by Gasteiger charge is -2.27. The molecule has 13 nitrogen and oxygen atoms in total. The van der Waals surface area contributed by atoms with Crippen molar-refractivity contribution in [3.63, 3.8) is 0 Å². The predicted octanol–water partition coefficient (Wildman–Crippen LogP) is 0.832. The van der Waals surface area contributed by atoms with Gasteiger partial charge in [-0.1, -0.05) is 50.2 Å². The summed E-state index contributed by atoms with van der Waals surface area (Å²) < 4.78 is 0. The number of benzene rings is 2. The van der Waals surface area contributed by atoms with Gasteiger partial charge in [-0.25, -0.2) is 4.79 Å². The highest BCUT2D eigenvalue weighted by molar-refractivity contribution is 5.96. The summed E-state index contributed by atoms with van der Waals surface area (Å²) in [5, 5.41) is 19.5. The van der Waals surface area contributed by atoms with Crippen LogP contribution in [0.25, 0.3) is 21.8 Å². The number of nitrogens with one attached hydrogen (secondary N) is 5. The smallest absolute Gasteiger partial charge is 0.326 e. The molecular formula is C31H37N7O6. The summed E-state index contributed by atoms with van der Waals surface area (Å²) in [6, 6.07) is 9.99. The molecule has 0 bridgehead atoms. The van der Waals surface area contributed by atoms with Crippen LogP contribution in [0.4, 0.5) is 0 Å². The zero-order chi connectivity index (χ0) is 32.0. The Balaban J connectivity index is 1.58. The number of aliphatic carboxylic acids is 1. The molecule has 13 heteroatoms. The molecule has 4 atom stereocenters. The SMILES string of the molecule is CC(C)C(NC(=O)C(N)CC(N)=O)C(=O)NC(Cc1c[nH]c2ccccc12)C(=O)NC(Cc1c[nH]c2ccccc12)C(=O)O. The van der Waals surface area contributed by atoms with Gasteiger partial charge in [-0.3, -0.25) is 19.2 Å². The quantitative estimate of drug-likeness (QED) is 0.103. The molecule has 232 valence electrons. The van der Waals surface area contributed by atoms with Crippen molar-refractivity contribution in [2.75, 3.05) is 0 Å². The van der Waals surface area contributed by atoms with Crippen molar-refractivity contribution >= 4 is 51.4 Å². The fraction of sp³-hybridized carbons (Fsp3) is 0.323. The first kappa shape index (κ1) is 31.8. The number of H-pyrrole nitrogens is 2. The number of primary amides is 1. The van der Waals surface area contributed by atoms with Crippen molar-refractivity contribution in [3.8, 4) is 0 Å². The average molecular weight is 604 g/mol. The van der Waals surface area contributed by atoms with E-state index in [9.17, 15) is 29.1 Å². The molecule has 2 aromatic carbocycles. The topological polar surface area (TPSA) is 225 Å². The minimum absolute atomic E-state index is 0.00126. The first-order valence-corrected chi connectivity index (χ1v) is 14.2. The van der Waals surface area contributed by atoms with E-state index in [2.05, 4.69) is 25.9 Å². The molecule has 4 amide bonds. The summed E-state index contributed by atoms with van der Waals surface area (Å²) in [6.45, 7) is 3.39. The number of rotatable bonds is 14. The molecule has 0 aliphatic rings. The summed E-state index contributed by atoms with van der Waals surface area (Å²) in [5.74, 6) is -4.57. The number of aromatic nitrogens is 2. The van der Waals surface area contributed by atoms with Crippen molar-refractivity contribution < 1.29 is 29.1 Å². The minimum Gasteiger partial charge on any atom is -0.480 e. The normalized spacial score (nSPS) is 14.1. The number of hydrogen-bond acceptors (Lipinski definition) is 6. The molecule has 0 saturated heterocycles. The maximum atomic E-state index is 13.7. The monoisotopic (exact) mass is 603 g/mol. The van der Waals surface area contributed by atoms with Gasteiger partial charge in [0.2, 0.25) is 23.6 Å². The maximum Gasteiger partial charge on any atom is 0.326 e. The summed E-state index contributed by atoms with van der Waals surface area (Å²) >= 11 is 0. The van der Waals surface area contributed by atoms with Crippen molar-refractivity contribution in [2.24, 2.45) is 17.4 Å². The van der Waals surface area contributed by atoms with Crippen LogP contribution >= 0.6 is 0 Å². The van der Waals surface area contributed by atoms with Crippen LogP contribution in [-0.2, 0) is 36.8 Å². The largest absolute Gasteiger partial charge is 0.480 e. The number of carbonyl (C=O) groups excluding carboxylic acids is 4. The van der Waals surface area contributed by atoms with Gasteiger partial charge in [-0.15, -0.1) is 0 Å². The molecule has 4 unspecified atom stereocenters. The van der Waals surface area contributed by atoms with Crippen molar-refractivity contribution in [1.29, 1.82) is 0 Å². The lowest BCUT2D eigenvalue weighted by molar-refractivity contribution is -0.142. The molecule has 0 aliphatic heterocycles. The lowest BCUT2D eigenvalue weighted by Crippen LogP contribution is -2.59. The van der Waals surface area contributed by atoms with E-state index in [1.165, 1.54) is 0 Å². The third kappa shape index (κ3) is 7.61. The third-order valence-corrected chi connectivity index (χ3v) is 7.45. The van der Waals surface area contributed by atoms with E-state index in [1.54, 1.807) is 26.2 Å². The highest BCUT2D eigenvalue weighted by Crippen LogP contribution is 2.21. The van der Waals surface area contributed by atoms with Gasteiger partial charge in [-0.2, -0.15) is 0 Å². The Kier molecular flexibility index (Phi) is 10.0. The highest BCUT2D eigenvalue weighted by Gasteiger charge is 2.32. The Labute approximate surface area is 253 Å². The highest BCUT2D eigenvalue weighted by atomic mass is 16.4. The maximum absolute atomic E-state index is 13.7. The molecule has 2 aromatic heterocycles. The molecule has 0 radical (unpaired) electrons. The Bertz CT molecular complexity index is 1680. The number of carboxylic acid groups (broad SMARTS) is 1. The minimum atomic E-state index is -1.29. The van der Waals surface area contributed by atoms with Gasteiger partial charge >= 0.3 is 5.97 Å². The molecule has 0 fully saturated rings. The van der Waals surface area contributed by atoms with Crippen LogP contribution in [0, 0.1) is 5.92 Å². The molecule has 2 heterocycles. The van der Waals surface area contributed by atoms with E-state index in [1.807, 2.05) is 48.5 Å². The Morgan fingerprint density at radius 2 is 1.25 bits per heavy atom. The summed E-state index contributed by atoms with van der Waals surface area (Å²) in [6.07, 6.45) is 3.05. The zero-order valence-corrected chi connectivity index (χ0v) is 24.4. The Hall–Kier alpha value is -5.17. The number of carboxylic acids is 1. The number of hydrogen-bond donors (Lipinski definition) is 8. The van der Waals surface area contributed by atoms with E-state index in [0.717, 1.165) is 27.4 Å². The van der Waals surface area contributed by atoms with Crippen LogP contribution in [0.2, 0.25) is 0 Å². The Morgan fingerprint density at radius 1 is 0.750 bits per heavy atom. The number of aromatic amines is 2. The second kappa shape index (κ2) is 13.9. The van der Waals surface area contributed by atoms with Gasteiger partial charge < -0.3 is 42.5 Å². The number of fused-ring (bicyclic) bond motifs is 2. The van der Waals surface area contributed by atoms with Crippen molar-refractivity contribution in [2.45, 2.75) is 57.3 Å². The molecule has 0 aliphatic carbocycles. The fourth-order valence-corrected chi connectivity index (χ4v) is 5.09. The average Bonchev–Trinajstić information content (AvgIpc) is 3.58. The van der Waals surface area contributed by atoms with Crippen LogP contribution in [0.3, 0.4) is 0 Å². The molecule has 4 aromatic rings. The van der Waals surface area contributed by atoms with Crippen LogP contribution in [0.5, 0.6) is 0 Å². The van der Waals surface area contributed by atoms with Crippen molar-refractivity contribution in [3.05, 3.63) is 72.1 Å². The van der Waals surface area contributed by atoms with Crippen LogP contribution in [0.15, 0.2) is 60.9 Å².